The molecule has 2 N–H and O–H groups in total. The Bertz CT molecular complexity index is 746. The smallest absolute Gasteiger partial charge is 0.387 e. The zero-order valence-electron chi connectivity index (χ0n) is 12.7. The highest BCUT2D eigenvalue weighted by molar-refractivity contribution is 6.04. The first-order chi connectivity index (χ1) is 11.3. The van der Waals surface area contributed by atoms with E-state index in [9.17, 15) is 18.4 Å². The maximum absolute atomic E-state index is 12.4. The van der Waals surface area contributed by atoms with E-state index in [1.54, 1.807) is 13.0 Å². The molecule has 24 heavy (non-hydrogen) atoms. The molecular formula is C15H15F2N3O4. The van der Waals surface area contributed by atoms with Gasteiger partial charge in [0.2, 0.25) is 0 Å². The maximum Gasteiger partial charge on any atom is 0.387 e. The first-order valence-electron chi connectivity index (χ1n) is 6.96. The summed E-state index contributed by atoms with van der Waals surface area (Å²) in [4.78, 5) is 22.7. The Morgan fingerprint density at radius 3 is 2.83 bits per heavy atom. The van der Waals surface area contributed by atoms with Crippen molar-refractivity contribution in [1.29, 1.82) is 0 Å². The number of carboxylic acids is 1. The number of carbonyl (C=O) groups excluding carboxylic acids is 1. The van der Waals surface area contributed by atoms with Gasteiger partial charge in [-0.15, -0.1) is 0 Å². The lowest BCUT2D eigenvalue weighted by atomic mass is 10.2. The number of amides is 1. The Balaban J connectivity index is 2.12. The number of aromatic nitrogens is 2. The summed E-state index contributed by atoms with van der Waals surface area (Å²) in [6, 6.07) is 4.43. The van der Waals surface area contributed by atoms with Crippen molar-refractivity contribution in [3.05, 3.63) is 41.7 Å². The monoisotopic (exact) mass is 339 g/mol. The summed E-state index contributed by atoms with van der Waals surface area (Å²) in [5.41, 5.74) is 1.03. The van der Waals surface area contributed by atoms with Gasteiger partial charge in [-0.1, -0.05) is 6.07 Å². The number of aryl methyl sites for hydroxylation is 2. The molecule has 0 saturated heterocycles. The zero-order valence-corrected chi connectivity index (χ0v) is 12.7. The number of rotatable bonds is 7. The number of nitrogens with zero attached hydrogens (tertiary/aromatic N) is 2. The largest absolute Gasteiger partial charge is 0.481 e. The highest BCUT2D eigenvalue weighted by Gasteiger charge is 2.15. The van der Waals surface area contributed by atoms with Crippen molar-refractivity contribution in [3.63, 3.8) is 0 Å². The molecule has 128 valence electrons. The van der Waals surface area contributed by atoms with Crippen LogP contribution in [0.25, 0.3) is 0 Å². The van der Waals surface area contributed by atoms with E-state index < -0.39 is 18.5 Å². The average Bonchev–Trinajstić information content (AvgIpc) is 2.96. The third-order valence-electron chi connectivity index (χ3n) is 3.05. The van der Waals surface area contributed by atoms with Crippen molar-refractivity contribution >= 4 is 17.6 Å². The molecule has 0 aliphatic carbocycles. The number of nitrogens with one attached hydrogen (secondary N) is 1. The number of carbonyl (C=O) groups is 2. The molecule has 1 aromatic heterocycles. The summed E-state index contributed by atoms with van der Waals surface area (Å²) in [6.07, 6.45) is 2.51. The Labute approximate surface area is 135 Å². The van der Waals surface area contributed by atoms with Crippen LogP contribution in [0.15, 0.2) is 30.6 Å². The van der Waals surface area contributed by atoms with Gasteiger partial charge in [0.15, 0.2) is 0 Å². The van der Waals surface area contributed by atoms with Gasteiger partial charge in [-0.25, -0.2) is 0 Å². The topological polar surface area (TPSA) is 93.5 Å². The lowest BCUT2D eigenvalue weighted by Gasteiger charge is -2.12. The molecule has 1 heterocycles. The summed E-state index contributed by atoms with van der Waals surface area (Å²) < 4.78 is 30.5. The maximum atomic E-state index is 12.4. The van der Waals surface area contributed by atoms with Crippen LogP contribution < -0.4 is 10.1 Å². The van der Waals surface area contributed by atoms with Gasteiger partial charge in [-0.05, 0) is 24.6 Å². The number of hydrogen-bond donors (Lipinski definition) is 2. The predicted molar refractivity (Wildman–Crippen MR) is 80.2 cm³/mol. The fourth-order valence-electron chi connectivity index (χ4n) is 1.95. The third kappa shape index (κ3) is 4.77. The Morgan fingerprint density at radius 2 is 2.17 bits per heavy atom. The molecule has 0 aliphatic heterocycles. The van der Waals surface area contributed by atoms with Crippen molar-refractivity contribution in [3.8, 4) is 5.75 Å². The molecule has 0 aliphatic rings. The molecule has 1 amide bonds. The van der Waals surface area contributed by atoms with Crippen molar-refractivity contribution in [2.45, 2.75) is 26.5 Å². The van der Waals surface area contributed by atoms with Crippen LogP contribution in [-0.2, 0) is 11.3 Å². The second-order valence-electron chi connectivity index (χ2n) is 4.97. The van der Waals surface area contributed by atoms with Gasteiger partial charge in [0, 0.05) is 6.20 Å². The highest BCUT2D eigenvalue weighted by Crippen LogP contribution is 2.27. The summed E-state index contributed by atoms with van der Waals surface area (Å²) in [5, 5.41) is 15.0. The number of benzene rings is 1. The molecule has 0 bridgehead atoms. The van der Waals surface area contributed by atoms with Crippen LogP contribution >= 0.6 is 0 Å². The minimum atomic E-state index is -3.01. The van der Waals surface area contributed by atoms with Gasteiger partial charge in [0.05, 0.1) is 30.4 Å². The molecule has 0 unspecified atom stereocenters. The number of halogens is 2. The van der Waals surface area contributed by atoms with Crippen molar-refractivity contribution < 1.29 is 28.2 Å². The van der Waals surface area contributed by atoms with Crippen LogP contribution in [0.2, 0.25) is 0 Å². The number of hydrogen-bond acceptors (Lipinski definition) is 4. The van der Waals surface area contributed by atoms with Crippen LogP contribution in [0, 0.1) is 6.92 Å². The summed E-state index contributed by atoms with van der Waals surface area (Å²) >= 11 is 0. The van der Waals surface area contributed by atoms with E-state index in [4.69, 9.17) is 5.11 Å². The minimum Gasteiger partial charge on any atom is -0.481 e. The van der Waals surface area contributed by atoms with Crippen molar-refractivity contribution in [2.24, 2.45) is 0 Å². The summed E-state index contributed by atoms with van der Waals surface area (Å²) in [5.74, 6) is -1.70. The van der Waals surface area contributed by atoms with Crippen LogP contribution in [0.4, 0.5) is 14.5 Å². The van der Waals surface area contributed by atoms with Crippen LogP contribution in [0.3, 0.4) is 0 Å². The molecule has 7 nitrogen and oxygen atoms in total. The van der Waals surface area contributed by atoms with E-state index in [0.717, 1.165) is 5.56 Å². The van der Waals surface area contributed by atoms with E-state index in [1.807, 2.05) is 0 Å². The Morgan fingerprint density at radius 1 is 1.42 bits per heavy atom. The number of aliphatic carboxylic acids is 1. The van der Waals surface area contributed by atoms with Gasteiger partial charge in [-0.3, -0.25) is 14.3 Å². The Kier molecular flexibility index (Phi) is 5.46. The van der Waals surface area contributed by atoms with Gasteiger partial charge in [0.25, 0.3) is 5.91 Å². The number of carboxylic acid groups (broad SMARTS) is 1. The lowest BCUT2D eigenvalue weighted by molar-refractivity contribution is -0.137. The molecular weight excluding hydrogens is 324 g/mol. The normalized spacial score (nSPS) is 10.7. The molecule has 0 spiro atoms. The molecule has 9 heteroatoms. The molecule has 1 aromatic carbocycles. The van der Waals surface area contributed by atoms with Gasteiger partial charge in [0.1, 0.15) is 5.75 Å². The minimum absolute atomic E-state index is 0.110. The van der Waals surface area contributed by atoms with Crippen LogP contribution in [0.1, 0.15) is 22.3 Å². The van der Waals surface area contributed by atoms with Crippen LogP contribution in [0.5, 0.6) is 5.75 Å². The fraction of sp³-hybridized carbons (Fsp3) is 0.267. The van der Waals surface area contributed by atoms with E-state index in [2.05, 4.69) is 15.2 Å². The van der Waals surface area contributed by atoms with Gasteiger partial charge >= 0.3 is 12.6 Å². The van der Waals surface area contributed by atoms with E-state index >= 15 is 0 Å². The Hall–Kier alpha value is -2.97. The second kappa shape index (κ2) is 7.53. The number of alkyl halides is 2. The zero-order chi connectivity index (χ0) is 17.7. The van der Waals surface area contributed by atoms with E-state index in [-0.39, 0.29) is 30.0 Å². The van der Waals surface area contributed by atoms with Gasteiger partial charge in [-0.2, -0.15) is 13.9 Å². The van der Waals surface area contributed by atoms with Crippen molar-refractivity contribution in [2.75, 3.05) is 5.32 Å². The van der Waals surface area contributed by atoms with Gasteiger partial charge < -0.3 is 15.2 Å². The molecule has 0 atom stereocenters. The molecule has 0 saturated carbocycles. The van der Waals surface area contributed by atoms with E-state index in [0.29, 0.717) is 0 Å². The van der Waals surface area contributed by atoms with Crippen LogP contribution in [-0.4, -0.2) is 33.4 Å². The third-order valence-corrected chi connectivity index (χ3v) is 3.05. The quantitative estimate of drug-likeness (QED) is 0.808. The first kappa shape index (κ1) is 17.4. The molecule has 0 radical (unpaired) electrons. The number of anilines is 1. The fourth-order valence-corrected chi connectivity index (χ4v) is 1.95. The SMILES string of the molecule is Cc1ccc(OC(F)F)c(NC(=O)c2cnn(CCC(=O)O)c2)c1. The van der Waals surface area contributed by atoms with Crippen molar-refractivity contribution in [1.82, 2.24) is 9.78 Å². The number of ether oxygens (including phenoxy) is 1. The average molecular weight is 339 g/mol. The molecule has 2 aromatic rings. The lowest BCUT2D eigenvalue weighted by Crippen LogP contribution is -2.13. The highest BCUT2D eigenvalue weighted by atomic mass is 19.3. The second-order valence-corrected chi connectivity index (χ2v) is 4.97. The standard InChI is InChI=1S/C15H15F2N3O4/c1-9-2-3-12(24-15(16)17)11(6-9)19-14(23)10-7-18-20(8-10)5-4-13(21)22/h2-3,6-8,15H,4-5H2,1H3,(H,19,23)(H,21,22). The first-order valence-corrected chi connectivity index (χ1v) is 6.96. The predicted octanol–water partition coefficient (Wildman–Crippen LogP) is 2.52. The summed E-state index contributed by atoms with van der Waals surface area (Å²) in [7, 11) is 0. The van der Waals surface area contributed by atoms with E-state index in [1.165, 1.54) is 29.2 Å². The molecule has 2 rings (SSSR count). The molecule has 0 fully saturated rings. The summed E-state index contributed by atoms with van der Waals surface area (Å²) in [6.45, 7) is -1.15.